The standard InChI is InChI=1S/C2H2N2O2/c5-2-1-3-4-6-2/h1,5H/q+1/p-1. The van der Waals surface area contributed by atoms with Crippen LogP contribution in [0, 0.1) is 0 Å². The zero-order chi connectivity index (χ0) is 4.41. The first-order valence-electron chi connectivity index (χ1n) is 1.34. The fourth-order valence-electron chi connectivity index (χ4n) is 0.158. The van der Waals surface area contributed by atoms with Gasteiger partial charge in [0.05, 0.1) is 0 Å². The molecule has 0 N–H and O–H groups in total. The highest BCUT2D eigenvalue weighted by Crippen LogP contribution is 1.88. The van der Waals surface area contributed by atoms with Crippen molar-refractivity contribution in [2.45, 2.75) is 0 Å². The number of rotatable bonds is 0. The maximum absolute atomic E-state index is 9.78. The van der Waals surface area contributed by atoms with Gasteiger partial charge in [0, 0.05) is 0 Å². The summed E-state index contributed by atoms with van der Waals surface area (Å²) in [4.78, 5) is 3.92. The van der Waals surface area contributed by atoms with E-state index in [1.54, 1.807) is 0 Å². The summed E-state index contributed by atoms with van der Waals surface area (Å²) in [6, 6.07) is 0. The molecule has 0 unspecified atom stereocenters. The monoisotopic (exact) mass is 85.0 g/mol. The maximum atomic E-state index is 9.78. The lowest BCUT2D eigenvalue weighted by atomic mass is 10.9. The van der Waals surface area contributed by atoms with Crippen LogP contribution in [-0.4, -0.2) is 0 Å². The molecule has 4 nitrogen and oxygen atoms in total. The Bertz CT molecular complexity index is 106. The molecule has 4 heteroatoms. The Kier molecular flexibility index (Phi) is 0.506. The molecule has 0 aromatic carbocycles. The Morgan fingerprint density at radius 1 is 2.00 bits per heavy atom. The van der Waals surface area contributed by atoms with Crippen molar-refractivity contribution >= 4 is 0 Å². The minimum absolute atomic E-state index is 0.505. The largest absolute Gasteiger partial charge is 0.539 e. The minimum Gasteiger partial charge on any atom is -0.539 e. The van der Waals surface area contributed by atoms with Crippen molar-refractivity contribution in [2.24, 2.45) is 5.28 Å². The van der Waals surface area contributed by atoms with Crippen molar-refractivity contribution < 1.29 is 9.94 Å². The summed E-state index contributed by atoms with van der Waals surface area (Å²) in [5.74, 6) is -0.505. The highest BCUT2D eigenvalue weighted by molar-refractivity contribution is 4.74. The summed E-state index contributed by atoms with van der Waals surface area (Å²) in [6.07, 6.45) is 1.000. The van der Waals surface area contributed by atoms with Gasteiger partial charge in [-0.25, -0.2) is 0 Å². The lowest BCUT2D eigenvalue weighted by molar-refractivity contribution is -0.355. The van der Waals surface area contributed by atoms with E-state index in [2.05, 4.69) is 15.2 Å². The second-order valence-electron chi connectivity index (χ2n) is 0.737. The van der Waals surface area contributed by atoms with Crippen LogP contribution < -0.4 is 10.2 Å². The molecule has 31 valence electrons. The van der Waals surface area contributed by atoms with Crippen LogP contribution in [0.5, 0.6) is 0 Å². The van der Waals surface area contributed by atoms with Crippen molar-refractivity contribution in [1.29, 1.82) is 0 Å². The van der Waals surface area contributed by atoms with Gasteiger partial charge >= 0.3 is 6.20 Å². The summed E-state index contributed by atoms with van der Waals surface area (Å²) in [7, 11) is 0. The molecule has 0 spiro atoms. The van der Waals surface area contributed by atoms with Crippen molar-refractivity contribution in [1.82, 2.24) is 5.11 Å². The maximum Gasteiger partial charge on any atom is 0.302 e. The average Bonchev–Trinajstić information content (AvgIpc) is 1.86. The van der Waals surface area contributed by atoms with E-state index in [4.69, 9.17) is 0 Å². The summed E-state index contributed by atoms with van der Waals surface area (Å²) < 4.78 is 0. The zero-order valence-electron chi connectivity index (χ0n) is 2.79. The smallest absolute Gasteiger partial charge is 0.302 e. The zero-order valence-corrected chi connectivity index (χ0v) is 2.79. The third-order valence-corrected chi connectivity index (χ3v) is 0.341. The number of hydrogen-bond acceptors (Lipinski definition) is 4. The molecule has 1 heterocycles. The third kappa shape index (κ3) is 0.314. The normalized spacial score (nSPS) is 17.0. The minimum atomic E-state index is -0.505. The fourth-order valence-corrected chi connectivity index (χ4v) is 0.158. The summed E-state index contributed by atoms with van der Waals surface area (Å²) in [6.45, 7) is 0. The molecule has 0 saturated heterocycles. The predicted octanol–water partition coefficient (Wildman–Crippen LogP) is -1.12. The first-order valence-corrected chi connectivity index (χ1v) is 1.34. The van der Waals surface area contributed by atoms with Gasteiger partial charge in [0.25, 0.3) is 0 Å². The Labute approximate surface area is 33.7 Å². The molecule has 0 bridgehead atoms. The topological polar surface area (TPSA) is 58.8 Å². The van der Waals surface area contributed by atoms with Gasteiger partial charge in [0.2, 0.25) is 5.11 Å². The third-order valence-electron chi connectivity index (χ3n) is 0.341. The molecule has 1 aliphatic rings. The van der Waals surface area contributed by atoms with Gasteiger partial charge in [-0.05, 0) is 0 Å². The van der Waals surface area contributed by atoms with Gasteiger partial charge in [-0.3, -0.25) is 0 Å². The molecule has 1 rings (SSSR count). The van der Waals surface area contributed by atoms with E-state index in [1.165, 1.54) is 0 Å². The fraction of sp³-hybridized carbons (Fsp3) is 0. The molecule has 0 aromatic rings. The van der Waals surface area contributed by atoms with E-state index in [0.29, 0.717) is 0 Å². The van der Waals surface area contributed by atoms with Crippen molar-refractivity contribution in [2.75, 3.05) is 0 Å². The first kappa shape index (κ1) is 3.14. The van der Waals surface area contributed by atoms with E-state index in [9.17, 15) is 5.11 Å². The molecule has 0 atom stereocenters. The molecule has 0 aromatic heterocycles. The van der Waals surface area contributed by atoms with Gasteiger partial charge < -0.3 is 9.94 Å². The van der Waals surface area contributed by atoms with Gasteiger partial charge in [-0.2, -0.15) is 0 Å². The number of nitrogens with zero attached hydrogens (tertiary/aromatic N) is 2. The summed E-state index contributed by atoms with van der Waals surface area (Å²) in [5, 5.41) is 15.8. The average molecular weight is 85.0 g/mol. The molecule has 0 saturated carbocycles. The Morgan fingerprint density at radius 2 is 2.83 bits per heavy atom. The van der Waals surface area contributed by atoms with E-state index < -0.39 is 5.95 Å². The molecule has 1 aliphatic heterocycles. The van der Waals surface area contributed by atoms with Crippen molar-refractivity contribution in [3.63, 3.8) is 0 Å². The van der Waals surface area contributed by atoms with Crippen LogP contribution in [0.4, 0.5) is 0 Å². The molecule has 6 heavy (non-hydrogen) atoms. The van der Waals surface area contributed by atoms with Crippen LogP contribution in [0.1, 0.15) is 0 Å². The molecular formula is C2HN2O2. The second-order valence-corrected chi connectivity index (χ2v) is 0.737. The Morgan fingerprint density at radius 3 is 3.00 bits per heavy atom. The van der Waals surface area contributed by atoms with E-state index >= 15 is 0 Å². The van der Waals surface area contributed by atoms with Gasteiger partial charge in [0.1, 0.15) is 0 Å². The quantitative estimate of drug-likeness (QED) is 0.374. The van der Waals surface area contributed by atoms with Crippen LogP contribution in [0.2, 0.25) is 0 Å². The van der Waals surface area contributed by atoms with Crippen LogP contribution >= 0.6 is 0 Å². The van der Waals surface area contributed by atoms with Gasteiger partial charge in [0.15, 0.2) is 11.2 Å². The van der Waals surface area contributed by atoms with E-state index in [0.717, 1.165) is 6.20 Å². The van der Waals surface area contributed by atoms with Crippen LogP contribution in [0.15, 0.2) is 17.4 Å². The van der Waals surface area contributed by atoms with E-state index in [1.807, 2.05) is 0 Å². The van der Waals surface area contributed by atoms with Crippen molar-refractivity contribution in [3.05, 3.63) is 12.1 Å². The lowest BCUT2D eigenvalue weighted by Crippen LogP contribution is -2.00. The Balaban J connectivity index is 2.61. The molecule has 0 fully saturated rings. The van der Waals surface area contributed by atoms with E-state index in [-0.39, 0.29) is 0 Å². The highest BCUT2D eigenvalue weighted by atomic mass is 16.7. The lowest BCUT2D eigenvalue weighted by Gasteiger charge is -1.88. The Hall–Kier alpha value is -1.06. The molecular weight excluding hydrogens is 84.0 g/mol. The van der Waals surface area contributed by atoms with Gasteiger partial charge in [-0.1, -0.05) is 0 Å². The summed E-state index contributed by atoms with van der Waals surface area (Å²) in [5.41, 5.74) is 0. The molecule has 0 amide bonds. The summed E-state index contributed by atoms with van der Waals surface area (Å²) >= 11 is 0. The second kappa shape index (κ2) is 0.965. The van der Waals surface area contributed by atoms with Crippen molar-refractivity contribution in [3.8, 4) is 0 Å². The molecule has 1 radical (unpaired) electrons. The van der Waals surface area contributed by atoms with Gasteiger partial charge in [-0.15, -0.1) is 0 Å². The SMILES string of the molecule is [O-]C1=C[N+]=NO1. The predicted molar refractivity (Wildman–Crippen MR) is 13.7 cm³/mol. The van der Waals surface area contributed by atoms with Crippen LogP contribution in [-0.2, 0) is 4.84 Å². The molecule has 0 aliphatic carbocycles. The number of hydrogen-bond donors (Lipinski definition) is 0. The first-order chi connectivity index (χ1) is 2.89. The highest BCUT2D eigenvalue weighted by Gasteiger charge is 1.95. The van der Waals surface area contributed by atoms with Crippen LogP contribution in [0.3, 0.4) is 0 Å². The van der Waals surface area contributed by atoms with Crippen LogP contribution in [0.25, 0.3) is 0 Å².